The molecule has 0 amide bonds. The van der Waals surface area contributed by atoms with E-state index < -0.39 is 0 Å². The number of hydrogen-bond donors (Lipinski definition) is 0. The Labute approximate surface area is 167 Å². The average molecular weight is 390 g/mol. The van der Waals surface area contributed by atoms with Crippen LogP contribution in [0.4, 0.5) is 4.39 Å². The van der Waals surface area contributed by atoms with Crippen LogP contribution in [-0.4, -0.2) is 7.11 Å². The molecular weight excluding hydrogens is 371 g/mol. The molecule has 0 saturated carbocycles. The van der Waals surface area contributed by atoms with Crippen molar-refractivity contribution in [1.29, 1.82) is 0 Å². The molecule has 1 heterocycles. The lowest BCUT2D eigenvalue weighted by Gasteiger charge is -2.10. The maximum Gasteiger partial charge on any atom is 0.153 e. The Bertz CT molecular complexity index is 1160. The first-order chi connectivity index (χ1) is 13.6. The first kappa shape index (κ1) is 18.3. The van der Waals surface area contributed by atoms with E-state index in [2.05, 4.69) is 6.58 Å². The van der Waals surface area contributed by atoms with Gasteiger partial charge in [-0.3, -0.25) is 0 Å². The van der Waals surface area contributed by atoms with E-state index in [1.165, 1.54) is 6.07 Å². The highest BCUT2D eigenvalue weighted by Gasteiger charge is 2.18. The molecule has 0 radical (unpaired) electrons. The fourth-order valence-corrected chi connectivity index (χ4v) is 4.38. The lowest BCUT2D eigenvalue weighted by atomic mass is 10.1. The Kier molecular flexibility index (Phi) is 4.88. The molecule has 0 bridgehead atoms. The molecule has 0 spiro atoms. The van der Waals surface area contributed by atoms with Crippen LogP contribution in [-0.2, 0) is 0 Å². The van der Waals surface area contributed by atoms with Crippen LogP contribution in [0.3, 0.4) is 0 Å². The molecule has 3 aromatic carbocycles. The van der Waals surface area contributed by atoms with Crippen molar-refractivity contribution in [3.8, 4) is 27.7 Å². The molecule has 0 N–H and O–H groups in total. The number of fused-ring (bicyclic) bond motifs is 1. The molecule has 0 saturated heterocycles. The molecule has 0 fully saturated rings. The Morgan fingerprint density at radius 2 is 1.71 bits per heavy atom. The van der Waals surface area contributed by atoms with E-state index in [4.69, 9.17) is 9.47 Å². The number of methoxy groups -OCH3 is 1. The third kappa shape index (κ3) is 3.39. The van der Waals surface area contributed by atoms with Gasteiger partial charge < -0.3 is 9.47 Å². The molecular formula is C24H19FO2S. The van der Waals surface area contributed by atoms with Crippen molar-refractivity contribution in [3.63, 3.8) is 0 Å². The van der Waals surface area contributed by atoms with E-state index in [0.717, 1.165) is 48.9 Å². The van der Waals surface area contributed by atoms with Gasteiger partial charge >= 0.3 is 0 Å². The van der Waals surface area contributed by atoms with Crippen LogP contribution >= 0.6 is 11.3 Å². The largest absolute Gasteiger partial charge is 0.497 e. The zero-order chi connectivity index (χ0) is 19.7. The van der Waals surface area contributed by atoms with E-state index in [0.29, 0.717) is 0 Å². The van der Waals surface area contributed by atoms with Gasteiger partial charge in [0.05, 0.1) is 12.0 Å². The summed E-state index contributed by atoms with van der Waals surface area (Å²) in [6, 6.07) is 18.5. The van der Waals surface area contributed by atoms with Crippen LogP contribution in [0.2, 0.25) is 0 Å². The first-order valence-corrected chi connectivity index (χ1v) is 9.68. The quantitative estimate of drug-likeness (QED) is 0.352. The molecule has 4 aromatic rings. The molecule has 2 nitrogen and oxygen atoms in total. The van der Waals surface area contributed by atoms with Crippen molar-refractivity contribution in [3.05, 3.63) is 84.2 Å². The van der Waals surface area contributed by atoms with E-state index in [1.807, 2.05) is 49.4 Å². The summed E-state index contributed by atoms with van der Waals surface area (Å²) in [6.45, 7) is 5.69. The minimum absolute atomic E-state index is 0.244. The zero-order valence-electron chi connectivity index (χ0n) is 15.7. The highest BCUT2D eigenvalue weighted by atomic mass is 32.1. The summed E-state index contributed by atoms with van der Waals surface area (Å²) in [5.74, 6) is 2.05. The van der Waals surface area contributed by atoms with E-state index in [9.17, 15) is 4.39 Å². The predicted molar refractivity (Wildman–Crippen MR) is 115 cm³/mol. The number of halogens is 1. The monoisotopic (exact) mass is 390 g/mol. The van der Waals surface area contributed by atoms with Gasteiger partial charge in [-0.25, -0.2) is 4.39 Å². The van der Waals surface area contributed by atoms with Crippen LogP contribution in [0.1, 0.15) is 11.1 Å². The highest BCUT2D eigenvalue weighted by Crippen LogP contribution is 2.48. The number of benzene rings is 3. The van der Waals surface area contributed by atoms with Gasteiger partial charge in [-0.05, 0) is 66.1 Å². The number of rotatable bonds is 5. The summed E-state index contributed by atoms with van der Waals surface area (Å²) < 4.78 is 26.4. The molecule has 140 valence electrons. The van der Waals surface area contributed by atoms with Crippen LogP contribution in [0.25, 0.3) is 26.6 Å². The second kappa shape index (κ2) is 7.49. The summed E-state index contributed by atoms with van der Waals surface area (Å²) in [4.78, 5) is 0.966. The maximum atomic E-state index is 13.6. The van der Waals surface area contributed by atoms with Crippen molar-refractivity contribution in [2.45, 2.75) is 6.92 Å². The molecule has 4 rings (SSSR count). The topological polar surface area (TPSA) is 18.5 Å². The number of thiophene rings is 1. The van der Waals surface area contributed by atoms with Gasteiger partial charge in [0.2, 0.25) is 0 Å². The minimum atomic E-state index is -0.244. The Hall–Kier alpha value is -3.11. The van der Waals surface area contributed by atoms with Crippen LogP contribution in [0.5, 0.6) is 17.2 Å². The van der Waals surface area contributed by atoms with Gasteiger partial charge in [0.1, 0.15) is 17.3 Å². The predicted octanol–water partition coefficient (Wildman–Crippen LogP) is 7.46. The smallest absolute Gasteiger partial charge is 0.153 e. The number of ether oxygens (including phenoxy) is 2. The second-order valence-corrected chi connectivity index (χ2v) is 7.51. The first-order valence-electron chi connectivity index (χ1n) is 8.86. The summed E-state index contributed by atoms with van der Waals surface area (Å²) in [5.41, 5.74) is 2.85. The maximum absolute atomic E-state index is 13.6. The summed E-state index contributed by atoms with van der Waals surface area (Å²) in [6.07, 6.45) is 1.79. The van der Waals surface area contributed by atoms with Crippen LogP contribution < -0.4 is 9.47 Å². The molecule has 0 unspecified atom stereocenters. The Morgan fingerprint density at radius 3 is 2.39 bits per heavy atom. The summed E-state index contributed by atoms with van der Waals surface area (Å²) in [5, 5.41) is 0.998. The molecule has 4 heteroatoms. The van der Waals surface area contributed by atoms with Gasteiger partial charge in [0.15, 0.2) is 5.75 Å². The van der Waals surface area contributed by atoms with Crippen molar-refractivity contribution >= 4 is 27.5 Å². The van der Waals surface area contributed by atoms with Crippen molar-refractivity contribution in [1.82, 2.24) is 0 Å². The van der Waals surface area contributed by atoms with Gasteiger partial charge in [0.25, 0.3) is 0 Å². The average Bonchev–Trinajstić information content (AvgIpc) is 3.05. The SMILES string of the molecule is C=Cc1ccc(Oc2c(-c3ccc(F)cc3C)sc3cc(OC)ccc23)cc1. The van der Waals surface area contributed by atoms with Crippen LogP contribution in [0.15, 0.2) is 67.2 Å². The molecule has 28 heavy (non-hydrogen) atoms. The standard InChI is InChI=1S/C24H19FO2S/c1-4-16-5-8-18(9-6-16)27-23-21-12-10-19(26-3)14-22(21)28-24(23)20-11-7-17(25)13-15(20)2/h4-14H,1H2,2-3H3. The molecule has 0 aliphatic rings. The van der Waals surface area contributed by atoms with E-state index in [-0.39, 0.29) is 5.82 Å². The lowest BCUT2D eigenvalue weighted by Crippen LogP contribution is -1.88. The Balaban J connectivity index is 1.89. The van der Waals surface area contributed by atoms with Crippen LogP contribution in [0, 0.1) is 12.7 Å². The number of aryl methyl sites for hydroxylation is 1. The molecule has 0 atom stereocenters. The van der Waals surface area contributed by atoms with Crippen molar-refractivity contribution in [2.24, 2.45) is 0 Å². The van der Waals surface area contributed by atoms with Crippen molar-refractivity contribution < 1.29 is 13.9 Å². The summed E-state index contributed by atoms with van der Waals surface area (Å²) in [7, 11) is 1.65. The van der Waals surface area contributed by atoms with E-state index >= 15 is 0 Å². The van der Waals surface area contributed by atoms with E-state index in [1.54, 1.807) is 36.7 Å². The third-order valence-corrected chi connectivity index (χ3v) is 5.79. The molecule has 0 aliphatic carbocycles. The third-order valence-electron chi connectivity index (χ3n) is 4.62. The lowest BCUT2D eigenvalue weighted by molar-refractivity contribution is 0.415. The molecule has 0 aliphatic heterocycles. The normalized spacial score (nSPS) is 10.8. The second-order valence-electron chi connectivity index (χ2n) is 6.46. The fourth-order valence-electron chi connectivity index (χ4n) is 3.13. The van der Waals surface area contributed by atoms with Gasteiger partial charge in [-0.15, -0.1) is 11.3 Å². The number of hydrogen-bond acceptors (Lipinski definition) is 3. The van der Waals surface area contributed by atoms with Gasteiger partial charge in [-0.1, -0.05) is 30.9 Å². The highest BCUT2D eigenvalue weighted by molar-refractivity contribution is 7.22. The molecule has 1 aromatic heterocycles. The zero-order valence-corrected chi connectivity index (χ0v) is 16.5. The van der Waals surface area contributed by atoms with Gasteiger partial charge in [-0.2, -0.15) is 0 Å². The Morgan fingerprint density at radius 1 is 0.964 bits per heavy atom. The summed E-state index contributed by atoms with van der Waals surface area (Å²) >= 11 is 1.61. The fraction of sp³-hybridized carbons (Fsp3) is 0.0833. The van der Waals surface area contributed by atoms with Gasteiger partial charge in [0, 0.05) is 10.1 Å². The van der Waals surface area contributed by atoms with Crippen molar-refractivity contribution in [2.75, 3.05) is 7.11 Å². The minimum Gasteiger partial charge on any atom is -0.497 e.